The molecule has 170 valence electrons. The molecule has 8 heteroatoms. The molecule has 0 fully saturated rings. The van der Waals surface area contributed by atoms with Gasteiger partial charge in [0.1, 0.15) is 0 Å². The molecule has 1 aromatic carbocycles. The molecule has 3 aromatic heterocycles. The highest BCUT2D eigenvalue weighted by atomic mass is 16.1. The Morgan fingerprint density at radius 2 is 1.85 bits per heavy atom. The standard InChI is InChI=1S/C25H28N6O2/c1-15(2)31-24-21(14-27-31)16(3)20(17(4)28-24)10-11-22(32)29-19-8-6-18(7-9-19)23(33)25-26-12-13-30(25)5/h6-9,12-15H,10-11H2,1-5H3,(H,29,32). The lowest BCUT2D eigenvalue weighted by molar-refractivity contribution is -0.116. The third-order valence-corrected chi connectivity index (χ3v) is 5.88. The Labute approximate surface area is 192 Å². The molecule has 0 bridgehead atoms. The predicted octanol–water partition coefficient (Wildman–Crippen LogP) is 4.16. The van der Waals surface area contributed by atoms with Gasteiger partial charge in [-0.2, -0.15) is 5.10 Å². The van der Waals surface area contributed by atoms with E-state index in [0.717, 1.165) is 27.9 Å². The summed E-state index contributed by atoms with van der Waals surface area (Å²) in [6.07, 6.45) is 6.11. The van der Waals surface area contributed by atoms with Crippen LogP contribution >= 0.6 is 0 Å². The molecule has 0 atom stereocenters. The fourth-order valence-electron chi connectivity index (χ4n) is 4.02. The topological polar surface area (TPSA) is 94.7 Å². The van der Waals surface area contributed by atoms with Crippen LogP contribution in [0.2, 0.25) is 0 Å². The highest BCUT2D eigenvalue weighted by Crippen LogP contribution is 2.25. The summed E-state index contributed by atoms with van der Waals surface area (Å²) in [5.74, 6) is 0.131. The normalized spacial score (nSPS) is 11.3. The molecule has 0 aliphatic carbocycles. The SMILES string of the molecule is Cc1nc2c(cnn2C(C)C)c(C)c1CCC(=O)Nc1ccc(C(=O)c2nccn2C)cc1. The number of anilines is 1. The van der Waals surface area contributed by atoms with Crippen molar-refractivity contribution in [2.75, 3.05) is 5.32 Å². The molecule has 0 saturated heterocycles. The lowest BCUT2D eigenvalue weighted by Gasteiger charge is -2.13. The van der Waals surface area contributed by atoms with Crippen molar-refractivity contribution < 1.29 is 9.59 Å². The van der Waals surface area contributed by atoms with Crippen molar-refractivity contribution in [3.8, 4) is 0 Å². The van der Waals surface area contributed by atoms with E-state index in [-0.39, 0.29) is 17.7 Å². The van der Waals surface area contributed by atoms with E-state index in [1.54, 1.807) is 48.3 Å². The number of hydrogen-bond donors (Lipinski definition) is 1. The molecular weight excluding hydrogens is 416 g/mol. The zero-order valence-electron chi connectivity index (χ0n) is 19.6. The van der Waals surface area contributed by atoms with Gasteiger partial charge in [0.25, 0.3) is 0 Å². The first-order valence-corrected chi connectivity index (χ1v) is 11.0. The Hall–Kier alpha value is -3.81. The number of pyridine rings is 1. The fraction of sp³-hybridized carbons (Fsp3) is 0.320. The Morgan fingerprint density at radius 1 is 1.12 bits per heavy atom. The number of nitrogens with one attached hydrogen (secondary N) is 1. The third kappa shape index (κ3) is 4.41. The van der Waals surface area contributed by atoms with Gasteiger partial charge in [-0.1, -0.05) is 0 Å². The summed E-state index contributed by atoms with van der Waals surface area (Å²) < 4.78 is 3.61. The molecule has 0 saturated carbocycles. The summed E-state index contributed by atoms with van der Waals surface area (Å²) in [6, 6.07) is 7.10. The number of benzene rings is 1. The minimum absolute atomic E-state index is 0.0880. The first kappa shape index (κ1) is 22.4. The average molecular weight is 445 g/mol. The van der Waals surface area contributed by atoms with Crippen LogP contribution in [0.1, 0.15) is 59.3 Å². The Kier molecular flexibility index (Phi) is 6.09. The number of carbonyl (C=O) groups excluding carboxylic acids is 2. The molecule has 0 unspecified atom stereocenters. The monoisotopic (exact) mass is 444 g/mol. The number of aryl methyl sites for hydroxylation is 3. The van der Waals surface area contributed by atoms with Gasteiger partial charge in [-0.15, -0.1) is 0 Å². The number of imidazole rings is 1. The van der Waals surface area contributed by atoms with Crippen molar-refractivity contribution in [1.82, 2.24) is 24.3 Å². The number of ketones is 1. The van der Waals surface area contributed by atoms with Gasteiger partial charge in [-0.3, -0.25) is 9.59 Å². The van der Waals surface area contributed by atoms with Crippen molar-refractivity contribution in [2.24, 2.45) is 7.05 Å². The predicted molar refractivity (Wildman–Crippen MR) is 127 cm³/mol. The van der Waals surface area contributed by atoms with E-state index in [1.807, 2.05) is 17.8 Å². The molecule has 0 aliphatic heterocycles. The molecule has 1 N–H and O–H groups in total. The summed E-state index contributed by atoms with van der Waals surface area (Å²) in [5.41, 5.74) is 5.18. The van der Waals surface area contributed by atoms with Crippen LogP contribution in [0.3, 0.4) is 0 Å². The first-order chi connectivity index (χ1) is 15.8. The van der Waals surface area contributed by atoms with Gasteiger partial charge in [-0.25, -0.2) is 14.6 Å². The van der Waals surface area contributed by atoms with E-state index in [1.165, 1.54) is 0 Å². The van der Waals surface area contributed by atoms with E-state index in [2.05, 4.69) is 36.2 Å². The van der Waals surface area contributed by atoms with Crippen molar-refractivity contribution in [3.63, 3.8) is 0 Å². The van der Waals surface area contributed by atoms with Gasteiger partial charge in [0, 0.05) is 54.2 Å². The van der Waals surface area contributed by atoms with Gasteiger partial charge in [0.2, 0.25) is 11.7 Å². The van der Waals surface area contributed by atoms with Crippen LogP contribution in [0, 0.1) is 13.8 Å². The summed E-state index contributed by atoms with van der Waals surface area (Å²) in [7, 11) is 1.78. The molecular formula is C25H28N6O2. The second-order valence-corrected chi connectivity index (χ2v) is 8.54. The van der Waals surface area contributed by atoms with Gasteiger partial charge in [-0.05, 0) is 69.5 Å². The third-order valence-electron chi connectivity index (χ3n) is 5.88. The number of carbonyl (C=O) groups is 2. The van der Waals surface area contributed by atoms with Gasteiger partial charge >= 0.3 is 0 Å². The number of nitrogens with zero attached hydrogens (tertiary/aromatic N) is 5. The smallest absolute Gasteiger partial charge is 0.228 e. The molecule has 0 aliphatic rings. The van der Waals surface area contributed by atoms with E-state index in [0.29, 0.717) is 29.9 Å². The Bertz CT molecular complexity index is 1330. The van der Waals surface area contributed by atoms with E-state index >= 15 is 0 Å². The maximum absolute atomic E-state index is 12.6. The molecule has 0 spiro atoms. The Morgan fingerprint density at radius 3 is 2.48 bits per heavy atom. The quantitative estimate of drug-likeness (QED) is 0.432. The molecule has 3 heterocycles. The number of hydrogen-bond acceptors (Lipinski definition) is 5. The minimum atomic E-state index is -0.157. The minimum Gasteiger partial charge on any atom is -0.331 e. The molecule has 4 rings (SSSR count). The lowest BCUT2D eigenvalue weighted by atomic mass is 10.0. The van der Waals surface area contributed by atoms with E-state index in [4.69, 9.17) is 4.98 Å². The van der Waals surface area contributed by atoms with Crippen LogP contribution in [-0.2, 0) is 18.3 Å². The second-order valence-electron chi connectivity index (χ2n) is 8.54. The number of fused-ring (bicyclic) bond motifs is 1. The fourth-order valence-corrected chi connectivity index (χ4v) is 4.02. The highest BCUT2D eigenvalue weighted by Gasteiger charge is 2.16. The largest absolute Gasteiger partial charge is 0.331 e. The van der Waals surface area contributed by atoms with Crippen LogP contribution in [0.4, 0.5) is 5.69 Å². The van der Waals surface area contributed by atoms with Crippen molar-refractivity contribution in [1.29, 1.82) is 0 Å². The van der Waals surface area contributed by atoms with E-state index < -0.39 is 0 Å². The number of amides is 1. The van der Waals surface area contributed by atoms with Crippen LogP contribution in [-0.4, -0.2) is 36.0 Å². The summed E-state index contributed by atoms with van der Waals surface area (Å²) >= 11 is 0. The number of aromatic nitrogens is 5. The van der Waals surface area contributed by atoms with Crippen LogP contribution in [0.15, 0.2) is 42.9 Å². The van der Waals surface area contributed by atoms with Crippen LogP contribution in [0.25, 0.3) is 11.0 Å². The van der Waals surface area contributed by atoms with Crippen molar-refractivity contribution in [2.45, 2.75) is 46.6 Å². The van der Waals surface area contributed by atoms with Crippen molar-refractivity contribution >= 4 is 28.4 Å². The van der Waals surface area contributed by atoms with Gasteiger partial charge < -0.3 is 9.88 Å². The second kappa shape index (κ2) is 8.97. The number of rotatable bonds is 7. The average Bonchev–Trinajstić information content (AvgIpc) is 3.40. The van der Waals surface area contributed by atoms with Crippen LogP contribution < -0.4 is 5.32 Å². The molecule has 0 radical (unpaired) electrons. The zero-order chi connectivity index (χ0) is 23.7. The molecule has 4 aromatic rings. The van der Waals surface area contributed by atoms with Gasteiger partial charge in [0.05, 0.1) is 6.20 Å². The maximum atomic E-state index is 12.6. The zero-order valence-corrected chi connectivity index (χ0v) is 19.6. The molecule has 8 nitrogen and oxygen atoms in total. The summed E-state index contributed by atoms with van der Waals surface area (Å²) in [5, 5.41) is 8.41. The van der Waals surface area contributed by atoms with Crippen LogP contribution in [0.5, 0.6) is 0 Å². The van der Waals surface area contributed by atoms with Crippen molar-refractivity contribution in [3.05, 3.63) is 71.1 Å². The highest BCUT2D eigenvalue weighted by molar-refractivity contribution is 6.07. The Balaban J connectivity index is 1.42. The molecule has 1 amide bonds. The lowest BCUT2D eigenvalue weighted by Crippen LogP contribution is -2.14. The maximum Gasteiger partial charge on any atom is 0.228 e. The summed E-state index contributed by atoms with van der Waals surface area (Å²) in [6.45, 7) is 8.21. The van der Waals surface area contributed by atoms with E-state index in [9.17, 15) is 9.59 Å². The van der Waals surface area contributed by atoms with Gasteiger partial charge in [0.15, 0.2) is 11.5 Å². The first-order valence-electron chi connectivity index (χ1n) is 11.0. The summed E-state index contributed by atoms with van der Waals surface area (Å²) in [4.78, 5) is 34.0. The molecule has 33 heavy (non-hydrogen) atoms.